The number of carbonyl (C=O) groups excluding carboxylic acids is 1. The van der Waals surface area contributed by atoms with Gasteiger partial charge >= 0.3 is 0 Å². The number of hydrogen-bond acceptors (Lipinski definition) is 2. The maximum absolute atomic E-state index is 12.1. The second kappa shape index (κ2) is 6.01. The summed E-state index contributed by atoms with van der Waals surface area (Å²) in [6.45, 7) is 2.25. The SMILES string of the molecule is CC1CCCC(NC(=O)[C@@H](N)c2ccccc2)C1. The average molecular weight is 246 g/mol. The highest BCUT2D eigenvalue weighted by atomic mass is 16.2. The Hall–Kier alpha value is -1.35. The van der Waals surface area contributed by atoms with Crippen molar-refractivity contribution in [1.82, 2.24) is 5.32 Å². The number of carbonyl (C=O) groups is 1. The molecule has 3 nitrogen and oxygen atoms in total. The maximum Gasteiger partial charge on any atom is 0.241 e. The Morgan fingerprint density at radius 2 is 2.06 bits per heavy atom. The normalized spacial score (nSPS) is 25.4. The van der Waals surface area contributed by atoms with Crippen molar-refractivity contribution in [3.63, 3.8) is 0 Å². The molecule has 98 valence electrons. The number of amides is 1. The molecule has 3 atom stereocenters. The van der Waals surface area contributed by atoms with Crippen molar-refractivity contribution in [3.05, 3.63) is 35.9 Å². The zero-order valence-electron chi connectivity index (χ0n) is 10.9. The molecule has 1 aliphatic carbocycles. The van der Waals surface area contributed by atoms with Crippen molar-refractivity contribution < 1.29 is 4.79 Å². The van der Waals surface area contributed by atoms with Crippen LogP contribution >= 0.6 is 0 Å². The van der Waals surface area contributed by atoms with Crippen LogP contribution in [0.3, 0.4) is 0 Å². The van der Waals surface area contributed by atoms with E-state index in [0.717, 1.165) is 18.4 Å². The van der Waals surface area contributed by atoms with Gasteiger partial charge in [-0.15, -0.1) is 0 Å². The van der Waals surface area contributed by atoms with Gasteiger partial charge in [0.05, 0.1) is 0 Å². The molecule has 0 saturated heterocycles. The van der Waals surface area contributed by atoms with Crippen LogP contribution in [0, 0.1) is 5.92 Å². The first-order valence-corrected chi connectivity index (χ1v) is 6.77. The second-order valence-corrected chi connectivity index (χ2v) is 5.37. The number of hydrogen-bond donors (Lipinski definition) is 2. The molecule has 0 spiro atoms. The molecule has 2 rings (SSSR count). The first kappa shape index (κ1) is 13.1. The zero-order chi connectivity index (χ0) is 13.0. The first-order valence-electron chi connectivity index (χ1n) is 6.77. The summed E-state index contributed by atoms with van der Waals surface area (Å²) in [7, 11) is 0. The van der Waals surface area contributed by atoms with Gasteiger partial charge in [-0.25, -0.2) is 0 Å². The van der Waals surface area contributed by atoms with E-state index in [1.807, 2.05) is 30.3 Å². The molecule has 1 amide bonds. The van der Waals surface area contributed by atoms with Crippen molar-refractivity contribution in [2.45, 2.75) is 44.7 Å². The molecule has 1 aliphatic rings. The Bertz CT molecular complexity index is 391. The van der Waals surface area contributed by atoms with Crippen molar-refractivity contribution in [2.24, 2.45) is 11.7 Å². The summed E-state index contributed by atoms with van der Waals surface area (Å²) >= 11 is 0. The van der Waals surface area contributed by atoms with Crippen LogP contribution in [0.15, 0.2) is 30.3 Å². The van der Waals surface area contributed by atoms with Gasteiger partial charge in [-0.2, -0.15) is 0 Å². The molecular weight excluding hydrogens is 224 g/mol. The topological polar surface area (TPSA) is 55.1 Å². The fourth-order valence-corrected chi connectivity index (χ4v) is 2.67. The summed E-state index contributed by atoms with van der Waals surface area (Å²) < 4.78 is 0. The van der Waals surface area contributed by atoms with E-state index in [2.05, 4.69) is 12.2 Å². The van der Waals surface area contributed by atoms with Crippen LogP contribution in [-0.4, -0.2) is 11.9 Å². The van der Waals surface area contributed by atoms with Crippen LogP contribution < -0.4 is 11.1 Å². The molecule has 2 unspecified atom stereocenters. The van der Waals surface area contributed by atoms with Gasteiger partial charge in [-0.05, 0) is 24.3 Å². The predicted octanol–water partition coefficient (Wildman–Crippen LogP) is 2.38. The van der Waals surface area contributed by atoms with Gasteiger partial charge in [-0.3, -0.25) is 4.79 Å². The minimum Gasteiger partial charge on any atom is -0.352 e. The molecular formula is C15H22N2O. The maximum atomic E-state index is 12.1. The van der Waals surface area contributed by atoms with Gasteiger partial charge in [0.2, 0.25) is 5.91 Å². The van der Waals surface area contributed by atoms with Crippen LogP contribution in [0.5, 0.6) is 0 Å². The lowest BCUT2D eigenvalue weighted by molar-refractivity contribution is -0.123. The molecule has 1 saturated carbocycles. The molecule has 0 radical (unpaired) electrons. The summed E-state index contributed by atoms with van der Waals surface area (Å²) in [4.78, 5) is 12.1. The predicted molar refractivity (Wildman–Crippen MR) is 72.9 cm³/mol. The molecule has 0 heterocycles. The van der Waals surface area contributed by atoms with Crippen molar-refractivity contribution in [2.75, 3.05) is 0 Å². The van der Waals surface area contributed by atoms with E-state index in [-0.39, 0.29) is 5.91 Å². The number of nitrogens with two attached hydrogens (primary N) is 1. The second-order valence-electron chi connectivity index (χ2n) is 5.37. The summed E-state index contributed by atoms with van der Waals surface area (Å²) in [5, 5.41) is 3.08. The van der Waals surface area contributed by atoms with Crippen LogP contribution in [0.1, 0.15) is 44.2 Å². The van der Waals surface area contributed by atoms with E-state index < -0.39 is 6.04 Å². The highest BCUT2D eigenvalue weighted by molar-refractivity contribution is 5.83. The Labute approximate surface area is 109 Å². The lowest BCUT2D eigenvalue weighted by atomic mass is 9.87. The molecule has 1 fully saturated rings. The van der Waals surface area contributed by atoms with Crippen LogP contribution in [0.4, 0.5) is 0 Å². The lowest BCUT2D eigenvalue weighted by Crippen LogP contribution is -2.42. The minimum atomic E-state index is -0.552. The van der Waals surface area contributed by atoms with Gasteiger partial charge in [0, 0.05) is 6.04 Å². The molecule has 1 aromatic carbocycles. The van der Waals surface area contributed by atoms with E-state index in [1.54, 1.807) is 0 Å². The van der Waals surface area contributed by atoms with E-state index in [1.165, 1.54) is 12.8 Å². The Morgan fingerprint density at radius 1 is 1.33 bits per heavy atom. The Balaban J connectivity index is 1.91. The largest absolute Gasteiger partial charge is 0.352 e. The van der Waals surface area contributed by atoms with Crippen LogP contribution in [0.2, 0.25) is 0 Å². The molecule has 18 heavy (non-hydrogen) atoms. The molecule has 3 N–H and O–H groups in total. The Kier molecular flexibility index (Phi) is 4.37. The number of benzene rings is 1. The van der Waals surface area contributed by atoms with Gasteiger partial charge in [0.1, 0.15) is 6.04 Å². The van der Waals surface area contributed by atoms with Crippen molar-refractivity contribution >= 4 is 5.91 Å². The van der Waals surface area contributed by atoms with Gasteiger partial charge in [0.15, 0.2) is 0 Å². The molecule has 0 bridgehead atoms. The molecule has 0 aliphatic heterocycles. The lowest BCUT2D eigenvalue weighted by Gasteiger charge is -2.28. The van der Waals surface area contributed by atoms with E-state index in [9.17, 15) is 4.79 Å². The van der Waals surface area contributed by atoms with Gasteiger partial charge in [0.25, 0.3) is 0 Å². The van der Waals surface area contributed by atoms with E-state index >= 15 is 0 Å². The van der Waals surface area contributed by atoms with Crippen LogP contribution in [-0.2, 0) is 4.79 Å². The Morgan fingerprint density at radius 3 is 2.72 bits per heavy atom. The van der Waals surface area contributed by atoms with Gasteiger partial charge < -0.3 is 11.1 Å². The summed E-state index contributed by atoms with van der Waals surface area (Å²) in [5.41, 5.74) is 6.85. The summed E-state index contributed by atoms with van der Waals surface area (Å²) in [6.07, 6.45) is 4.63. The summed E-state index contributed by atoms with van der Waals surface area (Å²) in [6, 6.07) is 9.29. The fraction of sp³-hybridized carbons (Fsp3) is 0.533. The van der Waals surface area contributed by atoms with Gasteiger partial charge in [-0.1, -0.05) is 50.1 Å². The third kappa shape index (κ3) is 3.33. The van der Waals surface area contributed by atoms with Crippen molar-refractivity contribution in [1.29, 1.82) is 0 Å². The standard InChI is InChI=1S/C15H22N2O/c1-11-6-5-9-13(10-11)17-15(18)14(16)12-7-3-2-4-8-12/h2-4,7-8,11,13-14H,5-6,9-10,16H2,1H3,(H,17,18)/t11?,13?,14-/m0/s1. The van der Waals surface area contributed by atoms with E-state index in [4.69, 9.17) is 5.73 Å². The number of nitrogens with one attached hydrogen (secondary N) is 1. The number of rotatable bonds is 3. The summed E-state index contributed by atoms with van der Waals surface area (Å²) in [5.74, 6) is 0.650. The first-order chi connectivity index (χ1) is 8.66. The zero-order valence-corrected chi connectivity index (χ0v) is 10.9. The fourth-order valence-electron chi connectivity index (χ4n) is 2.67. The third-order valence-electron chi connectivity index (χ3n) is 3.72. The highest BCUT2D eigenvalue weighted by Gasteiger charge is 2.23. The average Bonchev–Trinajstić information content (AvgIpc) is 2.39. The molecule has 0 aromatic heterocycles. The smallest absolute Gasteiger partial charge is 0.241 e. The molecule has 3 heteroatoms. The van der Waals surface area contributed by atoms with Crippen molar-refractivity contribution in [3.8, 4) is 0 Å². The highest BCUT2D eigenvalue weighted by Crippen LogP contribution is 2.24. The quantitative estimate of drug-likeness (QED) is 0.860. The third-order valence-corrected chi connectivity index (χ3v) is 3.72. The monoisotopic (exact) mass is 246 g/mol. The van der Waals surface area contributed by atoms with Crippen LogP contribution in [0.25, 0.3) is 0 Å². The molecule has 1 aromatic rings. The van der Waals surface area contributed by atoms with E-state index in [0.29, 0.717) is 12.0 Å². The minimum absolute atomic E-state index is 0.0553.